The van der Waals surface area contributed by atoms with Crippen molar-refractivity contribution in [1.82, 2.24) is 0 Å². The fourth-order valence-electron chi connectivity index (χ4n) is 1.80. The smallest absolute Gasteiger partial charge is 0.0645 e. The predicted molar refractivity (Wildman–Crippen MR) is 62.8 cm³/mol. The Bertz CT molecular complexity index is 315. The highest BCUT2D eigenvalue weighted by Crippen LogP contribution is 2.34. The van der Waals surface area contributed by atoms with Crippen LogP contribution in [0.15, 0.2) is 42.5 Å². The Morgan fingerprint density at radius 3 is 2.87 bits per heavy atom. The molecule has 2 unspecified atom stereocenters. The van der Waals surface area contributed by atoms with Crippen LogP contribution in [0.25, 0.3) is 0 Å². The van der Waals surface area contributed by atoms with Crippen molar-refractivity contribution in [2.75, 3.05) is 6.61 Å². The first kappa shape index (κ1) is 10.4. The van der Waals surface area contributed by atoms with E-state index in [1.165, 1.54) is 12.0 Å². The fourth-order valence-corrected chi connectivity index (χ4v) is 1.80. The quantitative estimate of drug-likeness (QED) is 0.666. The van der Waals surface area contributed by atoms with Crippen LogP contribution in [-0.4, -0.2) is 12.7 Å². The predicted octanol–water partition coefficient (Wildman–Crippen LogP) is 3.21. The molecule has 1 fully saturated rings. The van der Waals surface area contributed by atoms with E-state index >= 15 is 0 Å². The SMILES string of the molecule is CC=CC1CC1OCCc1ccccc1. The molecule has 0 bridgehead atoms. The van der Waals surface area contributed by atoms with Crippen molar-refractivity contribution in [1.29, 1.82) is 0 Å². The lowest BCUT2D eigenvalue weighted by molar-refractivity contribution is 0.116. The first-order chi connectivity index (χ1) is 7.40. The van der Waals surface area contributed by atoms with Gasteiger partial charge in [0.1, 0.15) is 0 Å². The zero-order chi connectivity index (χ0) is 10.5. The van der Waals surface area contributed by atoms with Crippen LogP contribution >= 0.6 is 0 Å². The van der Waals surface area contributed by atoms with Gasteiger partial charge in [0.05, 0.1) is 12.7 Å². The normalized spacial score (nSPS) is 24.6. The second kappa shape index (κ2) is 5.13. The molecule has 0 aliphatic heterocycles. The zero-order valence-electron chi connectivity index (χ0n) is 9.23. The summed E-state index contributed by atoms with van der Waals surface area (Å²) in [6, 6.07) is 10.5. The van der Waals surface area contributed by atoms with Crippen LogP contribution in [-0.2, 0) is 11.2 Å². The second-order valence-electron chi connectivity index (χ2n) is 4.07. The van der Waals surface area contributed by atoms with Crippen LogP contribution in [0.5, 0.6) is 0 Å². The molecule has 0 amide bonds. The number of rotatable bonds is 5. The Balaban J connectivity index is 1.64. The Morgan fingerprint density at radius 1 is 1.33 bits per heavy atom. The van der Waals surface area contributed by atoms with E-state index in [1.54, 1.807) is 0 Å². The summed E-state index contributed by atoms with van der Waals surface area (Å²) in [5.74, 6) is 0.686. The van der Waals surface area contributed by atoms with E-state index in [2.05, 4.69) is 43.3 Å². The summed E-state index contributed by atoms with van der Waals surface area (Å²) in [6.07, 6.45) is 7.09. The van der Waals surface area contributed by atoms with Gasteiger partial charge in [-0.25, -0.2) is 0 Å². The first-order valence-corrected chi connectivity index (χ1v) is 5.68. The Labute approximate surface area is 91.8 Å². The Morgan fingerprint density at radius 2 is 2.13 bits per heavy atom. The summed E-state index contributed by atoms with van der Waals surface area (Å²) in [7, 11) is 0. The van der Waals surface area contributed by atoms with Crippen LogP contribution in [0.3, 0.4) is 0 Å². The van der Waals surface area contributed by atoms with Crippen molar-refractivity contribution in [2.45, 2.75) is 25.9 Å². The van der Waals surface area contributed by atoms with Crippen molar-refractivity contribution < 1.29 is 4.74 Å². The average molecular weight is 202 g/mol. The largest absolute Gasteiger partial charge is 0.377 e. The highest BCUT2D eigenvalue weighted by atomic mass is 16.5. The van der Waals surface area contributed by atoms with Crippen molar-refractivity contribution in [3.8, 4) is 0 Å². The van der Waals surface area contributed by atoms with Gasteiger partial charge in [-0.15, -0.1) is 0 Å². The van der Waals surface area contributed by atoms with Crippen LogP contribution < -0.4 is 0 Å². The summed E-state index contributed by atoms with van der Waals surface area (Å²) in [5, 5.41) is 0. The number of ether oxygens (including phenoxy) is 1. The lowest BCUT2D eigenvalue weighted by Gasteiger charge is -2.02. The molecular formula is C14H18O. The highest BCUT2D eigenvalue weighted by Gasteiger charge is 2.35. The van der Waals surface area contributed by atoms with Crippen LogP contribution in [0, 0.1) is 5.92 Å². The minimum atomic E-state index is 0.491. The molecule has 1 heteroatoms. The van der Waals surface area contributed by atoms with E-state index in [-0.39, 0.29) is 0 Å². The van der Waals surface area contributed by atoms with Gasteiger partial charge in [-0.05, 0) is 25.3 Å². The van der Waals surface area contributed by atoms with E-state index in [0.29, 0.717) is 12.0 Å². The molecule has 0 spiro atoms. The topological polar surface area (TPSA) is 9.23 Å². The molecule has 0 saturated heterocycles. The minimum Gasteiger partial charge on any atom is -0.377 e. The maximum atomic E-state index is 5.77. The molecule has 1 aliphatic rings. The van der Waals surface area contributed by atoms with Crippen molar-refractivity contribution >= 4 is 0 Å². The van der Waals surface area contributed by atoms with Crippen LogP contribution in [0.1, 0.15) is 18.9 Å². The van der Waals surface area contributed by atoms with Gasteiger partial charge in [0.25, 0.3) is 0 Å². The van der Waals surface area contributed by atoms with Gasteiger partial charge in [-0.3, -0.25) is 0 Å². The molecule has 2 rings (SSSR count). The molecule has 1 saturated carbocycles. The molecule has 1 aliphatic carbocycles. The highest BCUT2D eigenvalue weighted by molar-refractivity contribution is 5.14. The van der Waals surface area contributed by atoms with E-state index in [4.69, 9.17) is 4.74 Å². The second-order valence-corrected chi connectivity index (χ2v) is 4.07. The van der Waals surface area contributed by atoms with Gasteiger partial charge >= 0.3 is 0 Å². The summed E-state index contributed by atoms with van der Waals surface area (Å²) in [6.45, 7) is 2.92. The minimum absolute atomic E-state index is 0.491. The van der Waals surface area contributed by atoms with Gasteiger partial charge < -0.3 is 4.74 Å². The van der Waals surface area contributed by atoms with Gasteiger partial charge in [0.15, 0.2) is 0 Å². The Kier molecular flexibility index (Phi) is 3.57. The van der Waals surface area contributed by atoms with Gasteiger partial charge in [0.2, 0.25) is 0 Å². The number of hydrogen-bond acceptors (Lipinski definition) is 1. The summed E-state index contributed by atoms with van der Waals surface area (Å²) >= 11 is 0. The third-order valence-corrected chi connectivity index (χ3v) is 2.78. The molecular weight excluding hydrogens is 184 g/mol. The number of hydrogen-bond donors (Lipinski definition) is 0. The van der Waals surface area contributed by atoms with Gasteiger partial charge in [-0.2, -0.15) is 0 Å². The summed E-state index contributed by atoms with van der Waals surface area (Å²) in [4.78, 5) is 0. The van der Waals surface area contributed by atoms with Crippen molar-refractivity contribution in [2.24, 2.45) is 5.92 Å². The molecule has 1 nitrogen and oxygen atoms in total. The lowest BCUT2D eigenvalue weighted by Crippen LogP contribution is -2.01. The van der Waals surface area contributed by atoms with Crippen molar-refractivity contribution in [3.05, 3.63) is 48.0 Å². The van der Waals surface area contributed by atoms with Crippen LogP contribution in [0.4, 0.5) is 0 Å². The third-order valence-electron chi connectivity index (χ3n) is 2.78. The standard InChI is InChI=1S/C14H18O/c1-2-6-13-11-14(13)15-10-9-12-7-4-3-5-8-12/h2-8,13-14H,9-11H2,1H3. The van der Waals surface area contributed by atoms with Crippen LogP contribution in [0.2, 0.25) is 0 Å². The lowest BCUT2D eigenvalue weighted by atomic mass is 10.2. The molecule has 1 aromatic carbocycles. The third kappa shape index (κ3) is 3.21. The number of allylic oxidation sites excluding steroid dienone is 1. The summed E-state index contributed by atoms with van der Waals surface area (Å²) in [5.41, 5.74) is 1.36. The van der Waals surface area contributed by atoms with Gasteiger partial charge in [0, 0.05) is 5.92 Å². The Hall–Kier alpha value is -1.08. The van der Waals surface area contributed by atoms with E-state index in [9.17, 15) is 0 Å². The zero-order valence-corrected chi connectivity index (χ0v) is 9.23. The molecule has 1 aromatic rings. The molecule has 0 aromatic heterocycles. The number of benzene rings is 1. The molecule has 0 N–H and O–H groups in total. The first-order valence-electron chi connectivity index (χ1n) is 5.68. The molecule has 0 radical (unpaired) electrons. The van der Waals surface area contributed by atoms with E-state index in [1.807, 2.05) is 6.07 Å². The fraction of sp³-hybridized carbons (Fsp3) is 0.429. The van der Waals surface area contributed by atoms with E-state index < -0.39 is 0 Å². The maximum absolute atomic E-state index is 5.77. The van der Waals surface area contributed by atoms with Crippen molar-refractivity contribution in [3.63, 3.8) is 0 Å². The van der Waals surface area contributed by atoms with Gasteiger partial charge in [-0.1, -0.05) is 42.5 Å². The van der Waals surface area contributed by atoms with E-state index in [0.717, 1.165) is 13.0 Å². The summed E-state index contributed by atoms with van der Waals surface area (Å²) < 4.78 is 5.77. The molecule has 15 heavy (non-hydrogen) atoms. The molecule has 0 heterocycles. The maximum Gasteiger partial charge on any atom is 0.0645 e. The molecule has 80 valence electrons. The molecule has 2 atom stereocenters. The monoisotopic (exact) mass is 202 g/mol. The average Bonchev–Trinajstić information content (AvgIpc) is 2.99.